The molecule has 0 aliphatic carbocycles. The van der Waals surface area contributed by atoms with Gasteiger partial charge in [-0.2, -0.15) is 0 Å². The molecule has 0 radical (unpaired) electrons. The molecule has 0 fully saturated rings. The quantitative estimate of drug-likeness (QED) is 0.233. The van der Waals surface area contributed by atoms with Gasteiger partial charge in [-0.1, -0.05) is 30.3 Å². The minimum absolute atomic E-state index is 0.0501. The van der Waals surface area contributed by atoms with Gasteiger partial charge in [0.15, 0.2) is 0 Å². The second-order valence-electron chi connectivity index (χ2n) is 2.76. The number of hydrogen-bond acceptors (Lipinski definition) is 2. The van der Waals surface area contributed by atoms with Crippen molar-refractivity contribution in [1.82, 2.24) is 0 Å². The van der Waals surface area contributed by atoms with E-state index in [2.05, 4.69) is 9.53 Å². The van der Waals surface area contributed by atoms with Crippen molar-refractivity contribution in [2.75, 3.05) is 0 Å². The van der Waals surface area contributed by atoms with Crippen LogP contribution in [0.2, 0.25) is 0 Å². The van der Waals surface area contributed by atoms with E-state index in [1.165, 1.54) is 6.92 Å². The van der Waals surface area contributed by atoms with Gasteiger partial charge in [-0.25, -0.2) is 0 Å². The smallest absolute Gasteiger partial charge is 0.362 e. The first-order chi connectivity index (χ1) is 6.72. The second kappa shape index (κ2) is 4.94. The predicted octanol–water partition coefficient (Wildman–Crippen LogP) is 1.42. The molecule has 0 aromatic heterocycles. The van der Waals surface area contributed by atoms with Crippen LogP contribution in [-0.2, 0) is 16.0 Å². The molecule has 0 amide bonds. The lowest BCUT2D eigenvalue weighted by Gasteiger charge is -1.97. The number of hydrogen-bond donors (Lipinski definition) is 0. The van der Waals surface area contributed by atoms with Crippen LogP contribution in [0.15, 0.2) is 30.3 Å². The Bertz CT molecular complexity index is 367. The van der Waals surface area contributed by atoms with Crippen LogP contribution in [0.5, 0.6) is 0 Å². The molecule has 0 saturated carbocycles. The molecule has 4 nitrogen and oxygen atoms in total. The number of ether oxygens (including phenoxy) is 1. The average molecular weight is 190 g/mol. The Morgan fingerprint density at radius 3 is 2.64 bits per heavy atom. The molecule has 0 aliphatic heterocycles. The molecular weight excluding hydrogens is 180 g/mol. The Morgan fingerprint density at radius 2 is 2.07 bits per heavy atom. The number of esters is 1. The fourth-order valence-electron chi connectivity index (χ4n) is 0.984. The van der Waals surface area contributed by atoms with Gasteiger partial charge in [0.25, 0.3) is 0 Å². The average Bonchev–Trinajstić information content (AvgIpc) is 2.19. The fraction of sp³-hybridized carbons (Fsp3) is 0.200. The Morgan fingerprint density at radius 1 is 1.43 bits per heavy atom. The molecule has 72 valence electrons. The summed E-state index contributed by atoms with van der Waals surface area (Å²) in [6.45, 7) is 1.41. The first-order valence-electron chi connectivity index (χ1n) is 4.15. The molecule has 0 aliphatic rings. The molecule has 1 aromatic carbocycles. The summed E-state index contributed by atoms with van der Waals surface area (Å²) < 4.78 is 4.66. The number of carbonyl (C=O) groups is 1. The lowest BCUT2D eigenvalue weighted by molar-refractivity contribution is -0.139. The van der Waals surface area contributed by atoms with Gasteiger partial charge in [0.2, 0.25) is 0 Å². The molecule has 0 heterocycles. The van der Waals surface area contributed by atoms with E-state index in [0.29, 0.717) is 0 Å². The van der Waals surface area contributed by atoms with Gasteiger partial charge in [0.05, 0.1) is 13.3 Å². The molecule has 4 heteroatoms. The zero-order valence-electron chi connectivity index (χ0n) is 7.80. The molecule has 0 spiro atoms. The highest BCUT2D eigenvalue weighted by molar-refractivity contribution is 5.85. The van der Waals surface area contributed by atoms with Gasteiger partial charge in [-0.15, -0.1) is 4.79 Å². The number of nitrogens with zero attached hydrogens (tertiary/aromatic N) is 2. The van der Waals surface area contributed by atoms with Crippen molar-refractivity contribution in [1.29, 1.82) is 0 Å². The van der Waals surface area contributed by atoms with Gasteiger partial charge in [-0.05, 0) is 5.56 Å². The van der Waals surface area contributed by atoms with Crippen molar-refractivity contribution in [3.63, 3.8) is 0 Å². The van der Waals surface area contributed by atoms with Crippen molar-refractivity contribution >= 4 is 11.9 Å². The van der Waals surface area contributed by atoms with Crippen molar-refractivity contribution in [2.45, 2.75) is 13.3 Å². The zero-order chi connectivity index (χ0) is 10.4. The summed E-state index contributed by atoms with van der Waals surface area (Å²) in [6, 6.07) is 9.21. The van der Waals surface area contributed by atoms with Crippen LogP contribution in [-0.4, -0.2) is 16.7 Å². The summed E-state index contributed by atoms with van der Waals surface area (Å²) in [5.41, 5.74) is 9.12. The lowest BCUT2D eigenvalue weighted by atomic mass is 10.2. The minimum atomic E-state index is -0.438. The van der Waals surface area contributed by atoms with Crippen LogP contribution in [0.3, 0.4) is 0 Å². The van der Waals surface area contributed by atoms with Crippen LogP contribution in [0.25, 0.3) is 5.53 Å². The van der Waals surface area contributed by atoms with E-state index in [0.717, 1.165) is 5.56 Å². The maximum Gasteiger partial charge on any atom is 0.454 e. The number of rotatable bonds is 2. The number of carbonyl (C=O) groups excluding carboxylic acids is 1. The third kappa shape index (κ3) is 3.21. The second-order valence-corrected chi connectivity index (χ2v) is 2.76. The predicted molar refractivity (Wildman–Crippen MR) is 50.5 cm³/mol. The number of benzene rings is 1. The van der Waals surface area contributed by atoms with Gasteiger partial charge in [-0.3, -0.25) is 4.79 Å². The van der Waals surface area contributed by atoms with E-state index in [-0.39, 0.29) is 12.3 Å². The van der Waals surface area contributed by atoms with Crippen molar-refractivity contribution in [2.24, 2.45) is 0 Å². The first-order valence-corrected chi connectivity index (χ1v) is 4.15. The van der Waals surface area contributed by atoms with E-state index in [1.54, 1.807) is 0 Å². The summed E-state index contributed by atoms with van der Waals surface area (Å²) in [4.78, 5) is 13.9. The first kappa shape index (κ1) is 10.2. The van der Waals surface area contributed by atoms with Crippen LogP contribution >= 0.6 is 0 Å². The summed E-state index contributed by atoms with van der Waals surface area (Å²) >= 11 is 0. The van der Waals surface area contributed by atoms with Crippen LogP contribution < -0.4 is 0 Å². The summed E-state index contributed by atoms with van der Waals surface area (Å²) in [5.74, 6) is -0.488. The summed E-state index contributed by atoms with van der Waals surface area (Å²) in [5, 5.41) is 0. The normalized spacial score (nSPS) is 8.93. The maximum absolute atomic E-state index is 11.2. The molecule has 1 rings (SSSR count). The third-order valence-electron chi connectivity index (χ3n) is 1.59. The highest BCUT2D eigenvalue weighted by Gasteiger charge is 2.09. The molecule has 0 bridgehead atoms. The SMILES string of the molecule is CC(=[N+]=[N-])OC(=O)Cc1ccccc1. The van der Waals surface area contributed by atoms with E-state index >= 15 is 0 Å². The highest BCUT2D eigenvalue weighted by atomic mass is 16.5. The van der Waals surface area contributed by atoms with Crippen molar-refractivity contribution < 1.29 is 14.3 Å². The molecule has 0 saturated heterocycles. The third-order valence-corrected chi connectivity index (χ3v) is 1.59. The van der Waals surface area contributed by atoms with Crippen LogP contribution in [0, 0.1) is 0 Å². The minimum Gasteiger partial charge on any atom is -0.362 e. The molecular formula is C10H10N2O2. The highest BCUT2D eigenvalue weighted by Crippen LogP contribution is 2.00. The Labute approximate surface area is 81.7 Å². The summed E-state index contributed by atoms with van der Waals surface area (Å²) in [6.07, 6.45) is 0.174. The van der Waals surface area contributed by atoms with Gasteiger partial charge in [0, 0.05) is 0 Å². The zero-order valence-corrected chi connectivity index (χ0v) is 7.80. The molecule has 0 atom stereocenters. The van der Waals surface area contributed by atoms with Crippen molar-refractivity contribution in [3.8, 4) is 0 Å². The van der Waals surface area contributed by atoms with Crippen molar-refractivity contribution in [3.05, 3.63) is 41.4 Å². The van der Waals surface area contributed by atoms with E-state index in [4.69, 9.17) is 5.53 Å². The van der Waals surface area contributed by atoms with Gasteiger partial charge in [0.1, 0.15) is 0 Å². The largest absolute Gasteiger partial charge is 0.454 e. The molecule has 0 unspecified atom stereocenters. The lowest BCUT2D eigenvalue weighted by Crippen LogP contribution is -2.12. The van der Waals surface area contributed by atoms with Gasteiger partial charge < -0.3 is 10.3 Å². The fourth-order valence-corrected chi connectivity index (χ4v) is 0.984. The van der Waals surface area contributed by atoms with Crippen LogP contribution in [0.1, 0.15) is 12.5 Å². The van der Waals surface area contributed by atoms with E-state index in [9.17, 15) is 4.79 Å². The molecule has 0 N–H and O–H groups in total. The Hall–Kier alpha value is -1.93. The standard InChI is InChI=1S/C10H10N2O2/c1-8(12-11)14-10(13)7-9-5-3-2-4-6-9/h2-6H,7H2,1H3. The molecule has 1 aromatic rings. The molecule has 14 heavy (non-hydrogen) atoms. The van der Waals surface area contributed by atoms with E-state index < -0.39 is 5.97 Å². The maximum atomic E-state index is 11.2. The van der Waals surface area contributed by atoms with Crippen LogP contribution in [0.4, 0.5) is 0 Å². The Balaban J connectivity index is 2.54. The monoisotopic (exact) mass is 190 g/mol. The summed E-state index contributed by atoms with van der Waals surface area (Å²) in [7, 11) is 0. The van der Waals surface area contributed by atoms with Gasteiger partial charge >= 0.3 is 11.9 Å². The van der Waals surface area contributed by atoms with E-state index in [1.807, 2.05) is 30.3 Å². The Kier molecular flexibility index (Phi) is 3.58. The topological polar surface area (TPSA) is 62.7 Å².